The third-order valence-electron chi connectivity index (χ3n) is 3.44. The number of anilines is 1. The van der Waals surface area contributed by atoms with Crippen LogP contribution in [0.4, 0.5) is 5.00 Å². The van der Waals surface area contributed by atoms with E-state index in [1.807, 2.05) is 31.3 Å². The molecule has 0 bridgehead atoms. The number of rotatable bonds is 9. The van der Waals surface area contributed by atoms with Gasteiger partial charge < -0.3 is 20.7 Å². The average molecular weight is 360 g/mol. The van der Waals surface area contributed by atoms with Crippen LogP contribution in [0.3, 0.4) is 0 Å². The number of quaternary nitrogens is 1. The van der Waals surface area contributed by atoms with Crippen LogP contribution in [-0.2, 0) is 11.3 Å². The van der Waals surface area contributed by atoms with Gasteiger partial charge in [0.2, 0.25) is 0 Å². The number of nitrogens with one attached hydrogen (secondary N) is 2. The van der Waals surface area contributed by atoms with Crippen molar-refractivity contribution in [2.24, 2.45) is 5.73 Å². The maximum atomic E-state index is 12.2. The Labute approximate surface area is 150 Å². The van der Waals surface area contributed by atoms with Gasteiger partial charge in [-0.3, -0.25) is 9.59 Å². The van der Waals surface area contributed by atoms with Gasteiger partial charge in [-0.05, 0) is 35.7 Å². The van der Waals surface area contributed by atoms with Crippen LogP contribution >= 0.6 is 11.3 Å². The SMILES string of the molecule is C=CCOc1ccc(C[NH+](C)CC(=O)Nc2sccc2C(N)=O)cc1. The highest BCUT2D eigenvalue weighted by Gasteiger charge is 2.15. The number of thiophene rings is 1. The molecule has 1 aromatic heterocycles. The van der Waals surface area contributed by atoms with Gasteiger partial charge in [0.05, 0.1) is 12.6 Å². The third kappa shape index (κ3) is 5.74. The first kappa shape index (κ1) is 18.7. The summed E-state index contributed by atoms with van der Waals surface area (Å²) in [5, 5.41) is 4.97. The minimum atomic E-state index is -0.545. The molecule has 0 aliphatic carbocycles. The molecule has 0 spiro atoms. The molecule has 0 radical (unpaired) electrons. The van der Waals surface area contributed by atoms with Gasteiger partial charge >= 0.3 is 0 Å². The van der Waals surface area contributed by atoms with Crippen molar-refractivity contribution in [3.8, 4) is 5.75 Å². The van der Waals surface area contributed by atoms with E-state index in [2.05, 4.69) is 11.9 Å². The summed E-state index contributed by atoms with van der Waals surface area (Å²) in [7, 11) is 1.94. The van der Waals surface area contributed by atoms with Crippen LogP contribution in [-0.4, -0.2) is 32.0 Å². The zero-order valence-corrected chi connectivity index (χ0v) is 14.9. The van der Waals surface area contributed by atoms with Crippen LogP contribution in [0.1, 0.15) is 15.9 Å². The predicted molar refractivity (Wildman–Crippen MR) is 99.1 cm³/mol. The Balaban J connectivity index is 1.85. The maximum Gasteiger partial charge on any atom is 0.280 e. The predicted octanol–water partition coefficient (Wildman–Crippen LogP) is 1.07. The Kier molecular flexibility index (Phi) is 6.73. The summed E-state index contributed by atoms with van der Waals surface area (Å²) < 4.78 is 5.44. The molecule has 132 valence electrons. The highest BCUT2D eigenvalue weighted by molar-refractivity contribution is 7.14. The minimum Gasteiger partial charge on any atom is -0.490 e. The Morgan fingerprint density at radius 3 is 2.68 bits per heavy atom. The van der Waals surface area contributed by atoms with Crippen LogP contribution < -0.4 is 20.7 Å². The lowest BCUT2D eigenvalue weighted by atomic mass is 10.2. The molecule has 6 nitrogen and oxygen atoms in total. The molecule has 2 aromatic rings. The van der Waals surface area contributed by atoms with Crippen LogP contribution in [0.2, 0.25) is 0 Å². The van der Waals surface area contributed by atoms with E-state index in [4.69, 9.17) is 10.5 Å². The number of benzene rings is 1. The van der Waals surface area contributed by atoms with Crippen LogP contribution in [0.5, 0.6) is 5.75 Å². The van der Waals surface area contributed by atoms with Crippen molar-refractivity contribution < 1.29 is 19.2 Å². The maximum absolute atomic E-state index is 12.2. The van der Waals surface area contributed by atoms with Gasteiger partial charge in [0.15, 0.2) is 6.54 Å². The Morgan fingerprint density at radius 2 is 2.04 bits per heavy atom. The number of carbonyl (C=O) groups excluding carboxylic acids is 2. The van der Waals surface area contributed by atoms with Crippen molar-refractivity contribution in [1.82, 2.24) is 0 Å². The van der Waals surface area contributed by atoms with Gasteiger partial charge in [0.25, 0.3) is 11.8 Å². The Bertz CT molecular complexity index is 740. The smallest absolute Gasteiger partial charge is 0.280 e. The number of hydrogen-bond acceptors (Lipinski definition) is 4. The lowest BCUT2D eigenvalue weighted by Crippen LogP contribution is -3.08. The van der Waals surface area contributed by atoms with Gasteiger partial charge in [-0.25, -0.2) is 0 Å². The van der Waals surface area contributed by atoms with E-state index < -0.39 is 5.91 Å². The molecule has 4 N–H and O–H groups in total. The number of carbonyl (C=O) groups is 2. The lowest BCUT2D eigenvalue weighted by molar-refractivity contribution is -0.885. The van der Waals surface area contributed by atoms with E-state index in [1.165, 1.54) is 11.3 Å². The number of ether oxygens (including phenoxy) is 1. The molecule has 0 fully saturated rings. The molecule has 0 saturated heterocycles. The normalized spacial score (nSPS) is 11.6. The number of amides is 2. The van der Waals surface area contributed by atoms with E-state index in [9.17, 15) is 9.59 Å². The second-order valence-corrected chi connectivity index (χ2v) is 6.55. The number of primary amides is 1. The minimum absolute atomic E-state index is 0.159. The molecule has 2 rings (SSSR count). The van der Waals surface area contributed by atoms with Crippen molar-refractivity contribution in [2.45, 2.75) is 6.54 Å². The monoisotopic (exact) mass is 360 g/mol. The highest BCUT2D eigenvalue weighted by atomic mass is 32.1. The lowest BCUT2D eigenvalue weighted by Gasteiger charge is -2.14. The molecule has 1 heterocycles. The van der Waals surface area contributed by atoms with Crippen molar-refractivity contribution in [1.29, 1.82) is 0 Å². The molecule has 0 saturated carbocycles. The van der Waals surface area contributed by atoms with Crippen molar-refractivity contribution in [3.05, 3.63) is 59.5 Å². The first-order chi connectivity index (χ1) is 12.0. The van der Waals surface area contributed by atoms with Crippen molar-refractivity contribution in [2.75, 3.05) is 25.5 Å². The molecule has 2 amide bonds. The Hall–Kier alpha value is -2.64. The molecule has 7 heteroatoms. The summed E-state index contributed by atoms with van der Waals surface area (Å²) in [6, 6.07) is 9.36. The second kappa shape index (κ2) is 9.00. The largest absolute Gasteiger partial charge is 0.490 e. The number of likely N-dealkylation sites (N-methyl/N-ethyl adjacent to an activating group) is 1. The van der Waals surface area contributed by atoms with Gasteiger partial charge in [-0.15, -0.1) is 11.3 Å². The van der Waals surface area contributed by atoms with Gasteiger partial charge in [0, 0.05) is 5.56 Å². The zero-order valence-electron chi connectivity index (χ0n) is 14.1. The molecule has 1 unspecified atom stereocenters. The van der Waals surface area contributed by atoms with Crippen molar-refractivity contribution in [3.63, 3.8) is 0 Å². The molecule has 0 aliphatic rings. The van der Waals surface area contributed by atoms with Gasteiger partial charge in [0.1, 0.15) is 23.9 Å². The summed E-state index contributed by atoms with van der Waals surface area (Å²) in [4.78, 5) is 24.5. The second-order valence-electron chi connectivity index (χ2n) is 5.63. The standard InChI is InChI=1S/C18H21N3O3S/c1-3-9-24-14-6-4-13(5-7-14)11-21(2)12-16(22)20-18-15(17(19)23)8-10-25-18/h3-8,10H,1,9,11-12H2,2H3,(H2,19,23)(H,20,22)/p+1. The van der Waals surface area contributed by atoms with E-state index in [0.717, 1.165) is 16.2 Å². The first-order valence-corrected chi connectivity index (χ1v) is 8.68. The summed E-state index contributed by atoms with van der Waals surface area (Å²) in [6.07, 6.45) is 1.70. The molecule has 0 aliphatic heterocycles. The van der Waals surface area contributed by atoms with Gasteiger partial charge in [-0.2, -0.15) is 0 Å². The third-order valence-corrected chi connectivity index (χ3v) is 4.27. The molecule has 1 aromatic carbocycles. The fraction of sp³-hybridized carbons (Fsp3) is 0.222. The summed E-state index contributed by atoms with van der Waals surface area (Å²) >= 11 is 1.28. The molecular formula is C18H22N3O3S+. The molecular weight excluding hydrogens is 338 g/mol. The molecule has 25 heavy (non-hydrogen) atoms. The fourth-order valence-corrected chi connectivity index (χ4v) is 3.12. The van der Waals surface area contributed by atoms with E-state index in [1.54, 1.807) is 17.5 Å². The zero-order chi connectivity index (χ0) is 18.2. The van der Waals surface area contributed by atoms with Crippen LogP contribution in [0.15, 0.2) is 48.4 Å². The quantitative estimate of drug-likeness (QED) is 0.585. The van der Waals surface area contributed by atoms with Crippen LogP contribution in [0, 0.1) is 0 Å². The van der Waals surface area contributed by atoms with E-state index >= 15 is 0 Å². The van der Waals surface area contributed by atoms with Gasteiger partial charge in [-0.1, -0.05) is 12.7 Å². The summed E-state index contributed by atoms with van der Waals surface area (Å²) in [5.74, 6) is 0.0834. The first-order valence-electron chi connectivity index (χ1n) is 7.80. The van der Waals surface area contributed by atoms with Crippen LogP contribution in [0.25, 0.3) is 0 Å². The summed E-state index contributed by atoms with van der Waals surface area (Å²) in [5.41, 5.74) is 6.72. The number of nitrogens with two attached hydrogens (primary N) is 1. The topological polar surface area (TPSA) is 85.9 Å². The summed E-state index contributed by atoms with van der Waals surface area (Å²) in [6.45, 7) is 5.06. The van der Waals surface area contributed by atoms with E-state index in [-0.39, 0.29) is 12.5 Å². The average Bonchev–Trinajstić information content (AvgIpc) is 3.02. The highest BCUT2D eigenvalue weighted by Crippen LogP contribution is 2.22. The Morgan fingerprint density at radius 1 is 1.32 bits per heavy atom. The van der Waals surface area contributed by atoms with Crippen molar-refractivity contribution >= 4 is 28.2 Å². The fourth-order valence-electron chi connectivity index (χ4n) is 2.31. The number of hydrogen-bond donors (Lipinski definition) is 3. The van der Waals surface area contributed by atoms with E-state index in [0.29, 0.717) is 23.7 Å². The molecule has 1 atom stereocenters.